The molecule has 6 heteroatoms. The van der Waals surface area contributed by atoms with Crippen LogP contribution in [0, 0.1) is 0 Å². The van der Waals surface area contributed by atoms with Gasteiger partial charge in [0.25, 0.3) is 0 Å². The van der Waals surface area contributed by atoms with Crippen molar-refractivity contribution in [3.8, 4) is 23.0 Å². The number of ether oxygens (including phenoxy) is 5. The summed E-state index contributed by atoms with van der Waals surface area (Å²) >= 11 is 0. The number of hydrogen-bond acceptors (Lipinski definition) is 6. The summed E-state index contributed by atoms with van der Waals surface area (Å²) < 4.78 is 28.8. The minimum atomic E-state index is -0.897. The van der Waals surface area contributed by atoms with Crippen molar-refractivity contribution in [1.29, 1.82) is 0 Å². The standard InChI is InChI=1S/C32H42O6/c1-6-7-8-9-10-11-12-24-19-25(22-13-15-27(34-2)29(20-22)36-4)32(31(24)33)18-17-26(38-32)23-14-16-28(35-3)30(21-23)37-5/h12-16,20-21,25-26H,6-11,17-19H2,1-5H3/b24-12+. The summed E-state index contributed by atoms with van der Waals surface area (Å²) in [6.45, 7) is 2.23. The number of allylic oxidation sites excluding steroid dienone is 1. The first-order valence-corrected chi connectivity index (χ1v) is 13.9. The Morgan fingerprint density at radius 3 is 2.08 bits per heavy atom. The zero-order valence-electron chi connectivity index (χ0n) is 23.5. The van der Waals surface area contributed by atoms with Crippen LogP contribution in [0.2, 0.25) is 0 Å². The third-order valence-corrected chi connectivity index (χ3v) is 8.08. The van der Waals surface area contributed by atoms with Gasteiger partial charge in [0.15, 0.2) is 28.8 Å². The Hall–Kier alpha value is -2.99. The third-order valence-electron chi connectivity index (χ3n) is 8.08. The molecule has 0 amide bonds. The fraction of sp³-hybridized carbons (Fsp3) is 0.531. The predicted octanol–water partition coefficient (Wildman–Crippen LogP) is 7.35. The van der Waals surface area contributed by atoms with Crippen LogP contribution in [0.3, 0.4) is 0 Å². The third kappa shape index (κ3) is 5.56. The van der Waals surface area contributed by atoms with E-state index in [1.807, 2.05) is 36.4 Å². The van der Waals surface area contributed by atoms with E-state index in [4.69, 9.17) is 23.7 Å². The highest BCUT2D eigenvalue weighted by atomic mass is 16.5. The van der Waals surface area contributed by atoms with E-state index in [0.29, 0.717) is 35.8 Å². The molecule has 4 rings (SSSR count). The minimum absolute atomic E-state index is 0.0914. The predicted molar refractivity (Wildman–Crippen MR) is 149 cm³/mol. The Bertz CT molecular complexity index is 1140. The van der Waals surface area contributed by atoms with Gasteiger partial charge in [-0.3, -0.25) is 4.79 Å². The molecular weight excluding hydrogens is 480 g/mol. The molecule has 0 aromatic heterocycles. The summed E-state index contributed by atoms with van der Waals surface area (Å²) in [5.41, 5.74) is 2.03. The number of unbranched alkanes of at least 4 members (excludes halogenated alkanes) is 5. The topological polar surface area (TPSA) is 63.2 Å². The molecule has 3 unspecified atom stereocenters. The van der Waals surface area contributed by atoms with Crippen molar-refractivity contribution in [2.75, 3.05) is 28.4 Å². The van der Waals surface area contributed by atoms with E-state index in [2.05, 4.69) is 13.0 Å². The highest BCUT2D eigenvalue weighted by Gasteiger charge is 2.58. The lowest BCUT2D eigenvalue weighted by Gasteiger charge is -2.30. The molecule has 2 aliphatic rings. The lowest BCUT2D eigenvalue weighted by Crippen LogP contribution is -2.38. The molecule has 1 spiro atoms. The Kier molecular flexibility index (Phi) is 9.37. The van der Waals surface area contributed by atoms with Gasteiger partial charge in [-0.05, 0) is 73.1 Å². The first-order chi connectivity index (χ1) is 18.5. The van der Waals surface area contributed by atoms with Gasteiger partial charge in [0.05, 0.1) is 34.5 Å². The van der Waals surface area contributed by atoms with Gasteiger partial charge in [-0.1, -0.05) is 50.8 Å². The molecule has 1 saturated heterocycles. The van der Waals surface area contributed by atoms with Crippen LogP contribution in [0.4, 0.5) is 0 Å². The minimum Gasteiger partial charge on any atom is -0.493 e. The van der Waals surface area contributed by atoms with Gasteiger partial charge < -0.3 is 23.7 Å². The molecule has 1 aliphatic heterocycles. The molecule has 1 saturated carbocycles. The largest absolute Gasteiger partial charge is 0.493 e. The number of Topliss-reactive ketones (excluding diaryl/α,β-unsaturated/α-hetero) is 1. The Morgan fingerprint density at radius 1 is 0.842 bits per heavy atom. The molecule has 0 N–H and O–H groups in total. The molecule has 38 heavy (non-hydrogen) atoms. The number of ketones is 1. The molecule has 3 atom stereocenters. The van der Waals surface area contributed by atoms with Gasteiger partial charge in [-0.15, -0.1) is 0 Å². The number of rotatable bonds is 12. The lowest BCUT2D eigenvalue weighted by atomic mass is 9.82. The number of carbonyl (C=O) groups is 1. The second-order valence-corrected chi connectivity index (χ2v) is 10.3. The van der Waals surface area contributed by atoms with Crippen LogP contribution in [-0.4, -0.2) is 39.8 Å². The lowest BCUT2D eigenvalue weighted by molar-refractivity contribution is -0.138. The summed E-state index contributed by atoms with van der Waals surface area (Å²) in [5, 5.41) is 0. The summed E-state index contributed by atoms with van der Waals surface area (Å²) in [4.78, 5) is 14.1. The average Bonchev–Trinajstić information content (AvgIpc) is 3.52. The smallest absolute Gasteiger partial charge is 0.190 e. The molecule has 6 nitrogen and oxygen atoms in total. The van der Waals surface area contributed by atoms with Crippen molar-refractivity contribution in [3.63, 3.8) is 0 Å². The van der Waals surface area contributed by atoms with E-state index in [-0.39, 0.29) is 17.8 Å². The van der Waals surface area contributed by atoms with Gasteiger partial charge in [0.1, 0.15) is 5.60 Å². The summed E-state index contributed by atoms with van der Waals surface area (Å²) in [6, 6.07) is 11.8. The van der Waals surface area contributed by atoms with Crippen LogP contribution < -0.4 is 18.9 Å². The van der Waals surface area contributed by atoms with Gasteiger partial charge in [-0.25, -0.2) is 0 Å². The van der Waals surface area contributed by atoms with Crippen LogP contribution in [0.25, 0.3) is 0 Å². The number of benzene rings is 2. The molecule has 1 aliphatic carbocycles. The highest BCUT2D eigenvalue weighted by Crippen LogP contribution is 2.56. The second-order valence-electron chi connectivity index (χ2n) is 10.3. The maximum atomic E-state index is 14.1. The van der Waals surface area contributed by atoms with Crippen molar-refractivity contribution in [2.24, 2.45) is 0 Å². The maximum Gasteiger partial charge on any atom is 0.190 e. The van der Waals surface area contributed by atoms with Crippen molar-refractivity contribution in [1.82, 2.24) is 0 Å². The van der Waals surface area contributed by atoms with Crippen molar-refractivity contribution < 1.29 is 28.5 Å². The molecule has 2 aromatic rings. The highest BCUT2D eigenvalue weighted by molar-refractivity contribution is 6.06. The quantitative estimate of drug-likeness (QED) is 0.214. The Balaban J connectivity index is 1.64. The monoisotopic (exact) mass is 522 g/mol. The fourth-order valence-electron chi connectivity index (χ4n) is 5.99. The SMILES string of the molecule is CCCCCCC/C=C1\CC(c2ccc(OC)c(OC)c2)C2(CCC(c3ccc(OC)c(OC)c3)O2)C1=O. The van der Waals surface area contributed by atoms with Crippen molar-refractivity contribution in [2.45, 2.75) is 82.3 Å². The molecule has 0 radical (unpaired) electrons. The first-order valence-electron chi connectivity index (χ1n) is 13.9. The van der Waals surface area contributed by atoms with Gasteiger partial charge in [-0.2, -0.15) is 0 Å². The van der Waals surface area contributed by atoms with Crippen LogP contribution in [0.15, 0.2) is 48.0 Å². The van der Waals surface area contributed by atoms with Crippen LogP contribution in [-0.2, 0) is 9.53 Å². The Morgan fingerprint density at radius 2 is 1.45 bits per heavy atom. The Labute approximate surface area is 227 Å². The van der Waals surface area contributed by atoms with E-state index < -0.39 is 5.60 Å². The van der Waals surface area contributed by atoms with E-state index in [9.17, 15) is 4.79 Å². The molecule has 0 bridgehead atoms. The zero-order valence-corrected chi connectivity index (χ0v) is 23.5. The molecule has 206 valence electrons. The van der Waals surface area contributed by atoms with Gasteiger partial charge in [0.2, 0.25) is 0 Å². The van der Waals surface area contributed by atoms with E-state index in [0.717, 1.165) is 36.0 Å². The fourth-order valence-corrected chi connectivity index (χ4v) is 5.99. The van der Waals surface area contributed by atoms with Gasteiger partial charge in [0, 0.05) is 5.92 Å². The van der Waals surface area contributed by atoms with E-state index in [1.54, 1.807) is 28.4 Å². The van der Waals surface area contributed by atoms with Gasteiger partial charge >= 0.3 is 0 Å². The first kappa shape index (κ1) is 28.0. The van der Waals surface area contributed by atoms with Crippen molar-refractivity contribution in [3.05, 3.63) is 59.2 Å². The maximum absolute atomic E-state index is 14.1. The van der Waals surface area contributed by atoms with Crippen LogP contribution in [0.5, 0.6) is 23.0 Å². The number of hydrogen-bond donors (Lipinski definition) is 0. The zero-order chi connectivity index (χ0) is 27.1. The van der Waals surface area contributed by atoms with E-state index >= 15 is 0 Å². The van der Waals surface area contributed by atoms with E-state index in [1.165, 1.54) is 25.7 Å². The second kappa shape index (κ2) is 12.7. The van der Waals surface area contributed by atoms with Crippen LogP contribution >= 0.6 is 0 Å². The molecule has 2 fully saturated rings. The molecule has 2 aromatic carbocycles. The number of carbonyl (C=O) groups excluding carboxylic acids is 1. The molecule has 1 heterocycles. The normalized spacial score (nSPS) is 23.8. The number of methoxy groups -OCH3 is 4. The van der Waals surface area contributed by atoms with Crippen LogP contribution in [0.1, 0.15) is 87.9 Å². The summed E-state index contributed by atoms with van der Waals surface area (Å²) in [7, 11) is 6.53. The molecular formula is C32H42O6. The summed E-state index contributed by atoms with van der Waals surface area (Å²) in [5.74, 6) is 2.71. The summed E-state index contributed by atoms with van der Waals surface area (Å²) in [6.07, 6.45) is 11.1. The van der Waals surface area contributed by atoms with Crippen molar-refractivity contribution >= 4 is 5.78 Å². The average molecular weight is 523 g/mol.